The lowest BCUT2D eigenvalue weighted by Crippen LogP contribution is -2.47. The van der Waals surface area contributed by atoms with Crippen LogP contribution in [0.2, 0.25) is 0 Å². The molecule has 0 heterocycles. The van der Waals surface area contributed by atoms with Crippen molar-refractivity contribution in [1.82, 2.24) is 0 Å². The molecular formula is C12H16F4O5S. The van der Waals surface area contributed by atoms with Gasteiger partial charge in [0.15, 0.2) is 0 Å². The maximum absolute atomic E-state index is 13.2. The zero-order valence-corrected chi connectivity index (χ0v) is 12.3. The van der Waals surface area contributed by atoms with Crippen LogP contribution in [0.3, 0.4) is 0 Å². The highest BCUT2D eigenvalue weighted by molar-refractivity contribution is 7.87. The second-order valence-electron chi connectivity index (χ2n) is 5.90. The summed E-state index contributed by atoms with van der Waals surface area (Å²) in [5.41, 5.74) is 0. The van der Waals surface area contributed by atoms with Gasteiger partial charge in [0.25, 0.3) is 0 Å². The van der Waals surface area contributed by atoms with Crippen LogP contribution in [0.25, 0.3) is 0 Å². The van der Waals surface area contributed by atoms with Crippen molar-refractivity contribution in [2.75, 3.05) is 6.61 Å². The Labute approximate surface area is 124 Å². The molecule has 0 saturated heterocycles. The highest BCUT2D eigenvalue weighted by Crippen LogP contribution is 2.48. The third kappa shape index (κ3) is 3.08. The molecule has 2 fully saturated rings. The number of carbonyl (C=O) groups excluding carboxylic acids is 1. The van der Waals surface area contributed by atoms with Crippen molar-refractivity contribution >= 4 is 16.1 Å². The van der Waals surface area contributed by atoms with E-state index in [0.717, 1.165) is 19.3 Å². The van der Waals surface area contributed by atoms with Crippen molar-refractivity contribution < 1.29 is 40.1 Å². The number of alkyl halides is 4. The van der Waals surface area contributed by atoms with E-state index < -0.39 is 46.2 Å². The highest BCUT2D eigenvalue weighted by Gasteiger charge is 2.65. The molecule has 5 nitrogen and oxygen atoms in total. The molecule has 2 rings (SSSR count). The van der Waals surface area contributed by atoms with Crippen LogP contribution < -0.4 is 0 Å². The first kappa shape index (κ1) is 17.5. The number of hydrogen-bond donors (Lipinski definition) is 1. The molecule has 2 aliphatic carbocycles. The highest BCUT2D eigenvalue weighted by atomic mass is 32.2. The van der Waals surface area contributed by atoms with Gasteiger partial charge in [0, 0.05) is 0 Å². The summed E-state index contributed by atoms with van der Waals surface area (Å²) in [6.07, 6.45) is 1.69. The predicted octanol–water partition coefficient (Wildman–Crippen LogP) is 2.47. The zero-order chi connectivity index (χ0) is 16.8. The second kappa shape index (κ2) is 5.63. The smallest absolute Gasteiger partial charge is 0.431 e. The Hall–Kier alpha value is -0.900. The molecule has 2 aliphatic rings. The van der Waals surface area contributed by atoms with Gasteiger partial charge in [-0.15, -0.1) is 0 Å². The van der Waals surface area contributed by atoms with Gasteiger partial charge < -0.3 is 4.74 Å². The molecule has 10 heteroatoms. The lowest BCUT2D eigenvalue weighted by molar-refractivity contribution is -0.176. The van der Waals surface area contributed by atoms with Gasteiger partial charge in [0.2, 0.25) is 0 Å². The van der Waals surface area contributed by atoms with Crippen LogP contribution in [0.1, 0.15) is 32.1 Å². The van der Waals surface area contributed by atoms with Gasteiger partial charge in [-0.1, -0.05) is 6.42 Å². The van der Waals surface area contributed by atoms with Gasteiger partial charge >= 0.3 is 27.3 Å². The Morgan fingerprint density at radius 3 is 2.27 bits per heavy atom. The Bertz CT molecular complexity index is 548. The SMILES string of the molecule is O=C(OCCC(F)(F)C(F)(F)S(=O)(=O)O)C1CC2CCC1C2. The lowest BCUT2D eigenvalue weighted by atomic mass is 9.89. The molecule has 1 N–H and O–H groups in total. The van der Waals surface area contributed by atoms with E-state index in [1.54, 1.807) is 0 Å². The van der Waals surface area contributed by atoms with Gasteiger partial charge in [0.05, 0.1) is 18.9 Å². The van der Waals surface area contributed by atoms with Crippen LogP contribution in [0.15, 0.2) is 0 Å². The number of rotatable bonds is 6. The minimum Gasteiger partial charge on any atom is -0.465 e. The lowest BCUT2D eigenvalue weighted by Gasteiger charge is -2.24. The van der Waals surface area contributed by atoms with Crippen molar-refractivity contribution in [2.45, 2.75) is 43.3 Å². The summed E-state index contributed by atoms with van der Waals surface area (Å²) in [4.78, 5) is 11.7. The standard InChI is InChI=1S/C12H16F4O5S/c13-11(14,12(15,16)22(18,19)20)3-4-21-10(17)9-6-7-1-2-8(9)5-7/h7-9H,1-6H2,(H,18,19,20). The molecule has 0 aromatic heterocycles. The van der Waals surface area contributed by atoms with Gasteiger partial charge in [-0.25, -0.2) is 0 Å². The van der Waals surface area contributed by atoms with E-state index in [4.69, 9.17) is 4.55 Å². The van der Waals surface area contributed by atoms with Crippen LogP contribution in [0, 0.1) is 17.8 Å². The first-order valence-electron chi connectivity index (χ1n) is 6.85. The first-order valence-corrected chi connectivity index (χ1v) is 8.29. The molecule has 0 aromatic carbocycles. The molecule has 2 bridgehead atoms. The number of ether oxygens (including phenoxy) is 1. The fraction of sp³-hybridized carbons (Fsp3) is 0.917. The van der Waals surface area contributed by atoms with Crippen molar-refractivity contribution in [3.8, 4) is 0 Å². The number of esters is 1. The van der Waals surface area contributed by atoms with E-state index in [2.05, 4.69) is 4.74 Å². The number of halogens is 4. The quantitative estimate of drug-likeness (QED) is 0.453. The summed E-state index contributed by atoms with van der Waals surface area (Å²) < 4.78 is 85.6. The van der Waals surface area contributed by atoms with Crippen LogP contribution in [-0.2, 0) is 19.6 Å². The van der Waals surface area contributed by atoms with E-state index in [9.17, 15) is 30.8 Å². The van der Waals surface area contributed by atoms with Gasteiger partial charge in [0.1, 0.15) is 0 Å². The van der Waals surface area contributed by atoms with Crippen molar-refractivity contribution in [3.05, 3.63) is 0 Å². The van der Waals surface area contributed by atoms with Gasteiger partial charge in [-0.3, -0.25) is 9.35 Å². The van der Waals surface area contributed by atoms with E-state index in [1.165, 1.54) is 0 Å². The van der Waals surface area contributed by atoms with E-state index in [0.29, 0.717) is 12.3 Å². The summed E-state index contributed by atoms with van der Waals surface area (Å²) >= 11 is 0. The van der Waals surface area contributed by atoms with Crippen LogP contribution >= 0.6 is 0 Å². The summed E-state index contributed by atoms with van der Waals surface area (Å²) in [5, 5.41) is -5.63. The summed E-state index contributed by atoms with van der Waals surface area (Å²) in [6, 6.07) is 0. The topological polar surface area (TPSA) is 80.7 Å². The van der Waals surface area contributed by atoms with Crippen LogP contribution in [0.4, 0.5) is 17.6 Å². The van der Waals surface area contributed by atoms with E-state index in [-0.39, 0.29) is 5.92 Å². The molecule has 3 atom stereocenters. The average Bonchev–Trinajstić information content (AvgIpc) is 2.98. The van der Waals surface area contributed by atoms with Crippen LogP contribution in [-0.4, -0.2) is 36.7 Å². The Kier molecular flexibility index (Phi) is 4.46. The van der Waals surface area contributed by atoms with Crippen molar-refractivity contribution in [2.24, 2.45) is 17.8 Å². The number of hydrogen-bond acceptors (Lipinski definition) is 4. The molecule has 0 aromatic rings. The minimum absolute atomic E-state index is 0.150. The van der Waals surface area contributed by atoms with Gasteiger partial charge in [-0.05, 0) is 31.1 Å². The number of fused-ring (bicyclic) bond motifs is 2. The second-order valence-corrected chi connectivity index (χ2v) is 7.36. The Balaban J connectivity index is 1.86. The number of carbonyl (C=O) groups is 1. The molecule has 0 spiro atoms. The third-order valence-electron chi connectivity index (χ3n) is 4.45. The first-order chi connectivity index (χ1) is 9.96. The van der Waals surface area contributed by atoms with Crippen molar-refractivity contribution in [1.29, 1.82) is 0 Å². The van der Waals surface area contributed by atoms with Crippen molar-refractivity contribution in [3.63, 3.8) is 0 Å². The minimum atomic E-state index is -6.26. The maximum atomic E-state index is 13.2. The molecule has 22 heavy (non-hydrogen) atoms. The van der Waals surface area contributed by atoms with Crippen LogP contribution in [0.5, 0.6) is 0 Å². The largest absolute Gasteiger partial charge is 0.465 e. The molecular weight excluding hydrogens is 332 g/mol. The monoisotopic (exact) mass is 348 g/mol. The summed E-state index contributed by atoms with van der Waals surface area (Å²) in [6.45, 7) is -1.04. The molecule has 0 amide bonds. The Morgan fingerprint density at radius 2 is 1.82 bits per heavy atom. The maximum Gasteiger partial charge on any atom is 0.431 e. The predicted molar refractivity (Wildman–Crippen MR) is 66.0 cm³/mol. The zero-order valence-electron chi connectivity index (χ0n) is 11.5. The van der Waals surface area contributed by atoms with E-state index in [1.807, 2.05) is 0 Å². The normalized spacial score (nSPS) is 28.9. The average molecular weight is 348 g/mol. The fourth-order valence-corrected chi connectivity index (χ4v) is 3.73. The molecule has 0 radical (unpaired) electrons. The Morgan fingerprint density at radius 1 is 1.18 bits per heavy atom. The fourth-order valence-electron chi connectivity index (χ4n) is 3.25. The molecule has 2 saturated carbocycles. The summed E-state index contributed by atoms with van der Waals surface area (Å²) in [7, 11) is -6.26. The van der Waals surface area contributed by atoms with E-state index >= 15 is 0 Å². The molecule has 0 aliphatic heterocycles. The molecule has 3 unspecified atom stereocenters. The molecule has 128 valence electrons. The summed E-state index contributed by atoms with van der Waals surface area (Å²) in [5.74, 6) is -5.56. The third-order valence-corrected chi connectivity index (χ3v) is 5.40. The van der Waals surface area contributed by atoms with Gasteiger partial charge in [-0.2, -0.15) is 26.0 Å².